The molecule has 0 aromatic heterocycles. The zero-order valence-corrected chi connectivity index (χ0v) is 13.4. The Hall–Kier alpha value is -2.49. The fourth-order valence-corrected chi connectivity index (χ4v) is 2.22. The van der Waals surface area contributed by atoms with Crippen molar-refractivity contribution >= 4 is 11.7 Å². The highest BCUT2D eigenvalue weighted by atomic mass is 16.5. The number of hydrogen-bond acceptors (Lipinski definition) is 2. The number of anilines is 1. The molecule has 0 heterocycles. The van der Waals surface area contributed by atoms with E-state index < -0.39 is 0 Å². The van der Waals surface area contributed by atoms with Crippen molar-refractivity contribution < 1.29 is 9.53 Å². The molecule has 0 aliphatic rings. The molecule has 0 bridgehead atoms. The Morgan fingerprint density at radius 1 is 1.09 bits per heavy atom. The van der Waals surface area contributed by atoms with Gasteiger partial charge in [0.25, 0.3) is 0 Å². The highest BCUT2D eigenvalue weighted by molar-refractivity contribution is 5.91. The molecular weight excluding hydrogens is 276 g/mol. The molecule has 0 fully saturated rings. The summed E-state index contributed by atoms with van der Waals surface area (Å²) in [5.74, 6) is 0.636. The molecule has 2 aromatic rings. The summed E-state index contributed by atoms with van der Waals surface area (Å²) in [6.07, 6.45) is 0. The first-order valence-electron chi connectivity index (χ1n) is 7.29. The Kier molecular flexibility index (Phi) is 5.04. The first kappa shape index (κ1) is 15.9. The van der Waals surface area contributed by atoms with Crippen LogP contribution >= 0.6 is 0 Å². The molecule has 22 heavy (non-hydrogen) atoms. The van der Waals surface area contributed by atoms with Crippen molar-refractivity contribution in [2.75, 3.05) is 12.4 Å². The average Bonchev–Trinajstić information content (AvgIpc) is 2.50. The smallest absolute Gasteiger partial charge is 0.319 e. The number of amides is 2. The molecule has 0 saturated carbocycles. The second kappa shape index (κ2) is 6.98. The van der Waals surface area contributed by atoms with Gasteiger partial charge < -0.3 is 15.4 Å². The van der Waals surface area contributed by atoms with E-state index >= 15 is 0 Å². The van der Waals surface area contributed by atoms with E-state index in [1.165, 1.54) is 11.1 Å². The lowest BCUT2D eigenvalue weighted by Gasteiger charge is -2.17. The number of benzene rings is 2. The van der Waals surface area contributed by atoms with E-state index in [1.54, 1.807) is 13.2 Å². The lowest BCUT2D eigenvalue weighted by atomic mass is 10.0. The third kappa shape index (κ3) is 3.79. The summed E-state index contributed by atoms with van der Waals surface area (Å²) in [7, 11) is 1.58. The third-order valence-corrected chi connectivity index (χ3v) is 3.73. The molecule has 0 radical (unpaired) electrons. The van der Waals surface area contributed by atoms with Crippen molar-refractivity contribution in [1.82, 2.24) is 5.32 Å². The van der Waals surface area contributed by atoms with Crippen LogP contribution in [0, 0.1) is 13.8 Å². The monoisotopic (exact) mass is 298 g/mol. The van der Waals surface area contributed by atoms with E-state index in [4.69, 9.17) is 4.74 Å². The van der Waals surface area contributed by atoms with Crippen LogP contribution in [0.5, 0.6) is 5.75 Å². The quantitative estimate of drug-likeness (QED) is 0.889. The molecule has 2 N–H and O–H groups in total. The third-order valence-electron chi connectivity index (χ3n) is 3.73. The fraction of sp³-hybridized carbons (Fsp3) is 0.278. The molecule has 116 valence electrons. The van der Waals surface area contributed by atoms with Gasteiger partial charge in [0, 0.05) is 0 Å². The number of para-hydroxylation sites is 2. The van der Waals surface area contributed by atoms with Crippen molar-refractivity contribution in [2.24, 2.45) is 0 Å². The zero-order valence-electron chi connectivity index (χ0n) is 13.4. The molecular formula is C18H22N2O2. The largest absolute Gasteiger partial charge is 0.495 e. The van der Waals surface area contributed by atoms with Crippen LogP contribution in [0.25, 0.3) is 0 Å². The first-order chi connectivity index (χ1) is 10.5. The summed E-state index contributed by atoms with van der Waals surface area (Å²) in [5, 5.41) is 5.75. The summed E-state index contributed by atoms with van der Waals surface area (Å²) in [6.45, 7) is 6.11. The maximum atomic E-state index is 12.1. The Morgan fingerprint density at radius 2 is 1.82 bits per heavy atom. The number of carbonyl (C=O) groups is 1. The normalized spacial score (nSPS) is 11.6. The lowest BCUT2D eigenvalue weighted by Crippen LogP contribution is -2.31. The van der Waals surface area contributed by atoms with E-state index in [9.17, 15) is 4.79 Å². The standard InChI is InChI=1S/C18H22N2O2/c1-12-9-10-15(11-13(12)2)14(3)19-18(21)20-16-7-5-6-8-17(16)22-4/h5-11,14H,1-4H3,(H2,19,20,21)/t14-/m1/s1. The fourth-order valence-electron chi connectivity index (χ4n) is 2.22. The van der Waals surface area contributed by atoms with Gasteiger partial charge in [-0.05, 0) is 49.6 Å². The lowest BCUT2D eigenvalue weighted by molar-refractivity contribution is 0.249. The van der Waals surface area contributed by atoms with Gasteiger partial charge in [-0.15, -0.1) is 0 Å². The maximum Gasteiger partial charge on any atom is 0.319 e. The van der Waals surface area contributed by atoms with Crippen LogP contribution in [0.15, 0.2) is 42.5 Å². The SMILES string of the molecule is COc1ccccc1NC(=O)N[C@H](C)c1ccc(C)c(C)c1. The zero-order chi connectivity index (χ0) is 16.1. The highest BCUT2D eigenvalue weighted by Crippen LogP contribution is 2.23. The van der Waals surface area contributed by atoms with Gasteiger partial charge in [-0.1, -0.05) is 30.3 Å². The predicted octanol–water partition coefficient (Wildman–Crippen LogP) is 4.19. The summed E-state index contributed by atoms with van der Waals surface area (Å²) < 4.78 is 5.22. The number of rotatable bonds is 4. The van der Waals surface area contributed by atoms with E-state index in [0.717, 1.165) is 5.56 Å². The van der Waals surface area contributed by atoms with Crippen LogP contribution < -0.4 is 15.4 Å². The van der Waals surface area contributed by atoms with Crippen LogP contribution in [-0.4, -0.2) is 13.1 Å². The number of hydrogen-bond donors (Lipinski definition) is 2. The maximum absolute atomic E-state index is 12.1. The Labute approximate surface area is 131 Å². The average molecular weight is 298 g/mol. The number of aryl methyl sites for hydroxylation is 2. The molecule has 0 spiro atoms. The van der Waals surface area contributed by atoms with Crippen molar-refractivity contribution in [3.8, 4) is 5.75 Å². The molecule has 0 saturated heterocycles. The van der Waals surface area contributed by atoms with E-state index in [-0.39, 0.29) is 12.1 Å². The van der Waals surface area contributed by atoms with E-state index in [2.05, 4.69) is 36.6 Å². The van der Waals surface area contributed by atoms with Gasteiger partial charge >= 0.3 is 6.03 Å². The topological polar surface area (TPSA) is 50.4 Å². The minimum Gasteiger partial charge on any atom is -0.495 e. The number of methoxy groups -OCH3 is 1. The molecule has 0 unspecified atom stereocenters. The first-order valence-corrected chi connectivity index (χ1v) is 7.29. The predicted molar refractivity (Wildman–Crippen MR) is 89.5 cm³/mol. The number of ether oxygens (including phenoxy) is 1. The van der Waals surface area contributed by atoms with E-state index in [0.29, 0.717) is 11.4 Å². The van der Waals surface area contributed by atoms with Crippen LogP contribution in [0.3, 0.4) is 0 Å². The molecule has 1 atom stereocenters. The highest BCUT2D eigenvalue weighted by Gasteiger charge is 2.11. The summed E-state index contributed by atoms with van der Waals surface area (Å²) in [5.41, 5.74) is 4.19. The molecule has 2 aromatic carbocycles. The van der Waals surface area contributed by atoms with Crippen LogP contribution in [0.1, 0.15) is 29.7 Å². The van der Waals surface area contributed by atoms with Gasteiger partial charge in [0.1, 0.15) is 5.75 Å². The Morgan fingerprint density at radius 3 is 2.50 bits per heavy atom. The number of carbonyl (C=O) groups excluding carboxylic acids is 1. The van der Waals surface area contributed by atoms with Crippen LogP contribution in [0.4, 0.5) is 10.5 Å². The summed E-state index contributed by atoms with van der Waals surface area (Å²) >= 11 is 0. The van der Waals surface area contributed by atoms with Crippen molar-refractivity contribution in [3.05, 3.63) is 59.2 Å². The van der Waals surface area contributed by atoms with Crippen LogP contribution in [0.2, 0.25) is 0 Å². The van der Waals surface area contributed by atoms with Gasteiger partial charge in [-0.3, -0.25) is 0 Å². The van der Waals surface area contributed by atoms with Crippen molar-refractivity contribution in [2.45, 2.75) is 26.8 Å². The van der Waals surface area contributed by atoms with Gasteiger partial charge in [-0.2, -0.15) is 0 Å². The Balaban J connectivity index is 2.03. The summed E-state index contributed by atoms with van der Waals surface area (Å²) in [6, 6.07) is 13.2. The minimum atomic E-state index is -0.254. The van der Waals surface area contributed by atoms with Gasteiger partial charge in [0.15, 0.2) is 0 Å². The molecule has 4 nitrogen and oxygen atoms in total. The number of urea groups is 1. The summed E-state index contributed by atoms with van der Waals surface area (Å²) in [4.78, 5) is 12.1. The van der Waals surface area contributed by atoms with Gasteiger partial charge in [0.05, 0.1) is 18.8 Å². The molecule has 0 aliphatic heterocycles. The van der Waals surface area contributed by atoms with E-state index in [1.807, 2.05) is 31.2 Å². The second-order valence-electron chi connectivity index (χ2n) is 5.36. The molecule has 2 amide bonds. The second-order valence-corrected chi connectivity index (χ2v) is 5.36. The molecule has 2 rings (SSSR count). The van der Waals surface area contributed by atoms with Crippen LogP contribution in [-0.2, 0) is 0 Å². The van der Waals surface area contributed by atoms with Gasteiger partial charge in [0.2, 0.25) is 0 Å². The van der Waals surface area contributed by atoms with Crippen molar-refractivity contribution in [3.63, 3.8) is 0 Å². The Bertz CT molecular complexity index is 668. The number of nitrogens with one attached hydrogen (secondary N) is 2. The van der Waals surface area contributed by atoms with Crippen molar-refractivity contribution in [1.29, 1.82) is 0 Å². The molecule has 0 aliphatic carbocycles. The minimum absolute atomic E-state index is 0.0750. The van der Waals surface area contributed by atoms with Gasteiger partial charge in [-0.25, -0.2) is 4.79 Å². The molecule has 4 heteroatoms.